The molecule has 144 valence electrons. The maximum atomic E-state index is 12.2. The smallest absolute Gasteiger partial charge is 0.366 e. The van der Waals surface area contributed by atoms with Crippen LogP contribution in [0.15, 0.2) is 24.3 Å². The summed E-state index contributed by atoms with van der Waals surface area (Å²) in [6.45, 7) is 7.48. The van der Waals surface area contributed by atoms with Crippen molar-refractivity contribution in [1.29, 1.82) is 0 Å². The standard InChI is InChI=1S/C18H26N2O6/c1-11(2)14(19-5)18(16(21)22)25-10-17(3,4)15(26-18)12-8-6-7-9-13(12)20(23)24/h6-9,11,14-15,19H,10H2,1-5H3,(H,21,22)/t14-,15?,18?/m0/s1. The zero-order chi connectivity index (χ0) is 19.7. The van der Waals surface area contributed by atoms with E-state index < -0.39 is 34.2 Å². The van der Waals surface area contributed by atoms with Gasteiger partial charge in [-0.1, -0.05) is 39.8 Å². The van der Waals surface area contributed by atoms with E-state index >= 15 is 0 Å². The van der Waals surface area contributed by atoms with Gasteiger partial charge in [0.2, 0.25) is 0 Å². The number of carbonyl (C=O) groups is 1. The van der Waals surface area contributed by atoms with Gasteiger partial charge in [0.15, 0.2) is 0 Å². The fourth-order valence-electron chi connectivity index (χ4n) is 3.47. The highest BCUT2D eigenvalue weighted by Crippen LogP contribution is 2.48. The van der Waals surface area contributed by atoms with Gasteiger partial charge in [-0.15, -0.1) is 0 Å². The second-order valence-electron chi connectivity index (χ2n) is 7.57. The molecule has 2 N–H and O–H groups in total. The third-order valence-electron chi connectivity index (χ3n) is 4.76. The van der Waals surface area contributed by atoms with Gasteiger partial charge in [-0.3, -0.25) is 10.1 Å². The van der Waals surface area contributed by atoms with Crippen LogP contribution < -0.4 is 5.32 Å². The van der Waals surface area contributed by atoms with Gasteiger partial charge in [-0.2, -0.15) is 0 Å². The number of rotatable bonds is 6. The molecule has 2 unspecified atom stereocenters. The molecule has 3 atom stereocenters. The van der Waals surface area contributed by atoms with Crippen LogP contribution in [-0.2, 0) is 14.3 Å². The molecule has 26 heavy (non-hydrogen) atoms. The SMILES string of the molecule is CN[C@@H](C(C)C)C1(C(=O)O)OCC(C)(C)C(c2ccccc2[N+](=O)[O-])O1. The number of nitrogens with zero attached hydrogens (tertiary/aromatic N) is 1. The molecule has 1 aromatic rings. The number of hydrogen-bond donors (Lipinski definition) is 2. The van der Waals surface area contributed by atoms with Crippen LogP contribution in [0, 0.1) is 21.4 Å². The summed E-state index contributed by atoms with van der Waals surface area (Å²) in [6, 6.07) is 5.61. The van der Waals surface area contributed by atoms with Crippen LogP contribution in [0.1, 0.15) is 39.4 Å². The molecule has 8 nitrogen and oxygen atoms in total. The number of carboxylic acid groups (broad SMARTS) is 1. The van der Waals surface area contributed by atoms with Crippen LogP contribution in [0.25, 0.3) is 0 Å². The molecule has 1 fully saturated rings. The lowest BCUT2D eigenvalue weighted by molar-refractivity contribution is -0.389. The molecule has 2 rings (SSSR count). The van der Waals surface area contributed by atoms with Gasteiger partial charge < -0.3 is 19.9 Å². The van der Waals surface area contributed by atoms with E-state index in [9.17, 15) is 20.0 Å². The first-order valence-electron chi connectivity index (χ1n) is 8.52. The predicted molar refractivity (Wildman–Crippen MR) is 94.7 cm³/mol. The highest BCUT2D eigenvalue weighted by Gasteiger charge is 2.58. The van der Waals surface area contributed by atoms with Gasteiger partial charge in [0, 0.05) is 11.5 Å². The Morgan fingerprint density at radius 2 is 2.00 bits per heavy atom. The largest absolute Gasteiger partial charge is 0.477 e. The second kappa shape index (κ2) is 7.30. The molecule has 8 heteroatoms. The first kappa shape index (κ1) is 20.3. The Kier molecular flexibility index (Phi) is 5.70. The molecular formula is C18H26N2O6. The summed E-state index contributed by atoms with van der Waals surface area (Å²) in [4.78, 5) is 23.1. The van der Waals surface area contributed by atoms with E-state index in [0.717, 1.165) is 0 Å². The fraction of sp³-hybridized carbons (Fsp3) is 0.611. The predicted octanol–water partition coefficient (Wildman–Crippen LogP) is 2.73. The van der Waals surface area contributed by atoms with Gasteiger partial charge in [0.25, 0.3) is 11.5 Å². The quantitative estimate of drug-likeness (QED) is 0.588. The summed E-state index contributed by atoms with van der Waals surface area (Å²) in [6.07, 6.45) is -0.816. The van der Waals surface area contributed by atoms with E-state index in [2.05, 4.69) is 5.32 Å². The van der Waals surface area contributed by atoms with E-state index in [4.69, 9.17) is 9.47 Å². The summed E-state index contributed by atoms with van der Waals surface area (Å²) in [5.74, 6) is -3.30. The minimum Gasteiger partial charge on any atom is -0.477 e. The molecule has 0 radical (unpaired) electrons. The zero-order valence-electron chi connectivity index (χ0n) is 15.7. The van der Waals surface area contributed by atoms with Crippen LogP contribution in [0.4, 0.5) is 5.69 Å². The van der Waals surface area contributed by atoms with Gasteiger partial charge in [-0.25, -0.2) is 4.79 Å². The molecule has 0 bridgehead atoms. The van der Waals surface area contributed by atoms with E-state index in [1.807, 2.05) is 27.7 Å². The molecule has 1 saturated heterocycles. The molecule has 1 aliphatic rings. The first-order valence-corrected chi connectivity index (χ1v) is 8.52. The lowest BCUT2D eigenvalue weighted by atomic mass is 9.80. The Hall–Kier alpha value is -2.03. The second-order valence-corrected chi connectivity index (χ2v) is 7.57. The van der Waals surface area contributed by atoms with Crippen molar-refractivity contribution in [3.8, 4) is 0 Å². The van der Waals surface area contributed by atoms with E-state index in [1.165, 1.54) is 6.07 Å². The monoisotopic (exact) mass is 366 g/mol. The lowest BCUT2D eigenvalue weighted by Gasteiger charge is -2.49. The van der Waals surface area contributed by atoms with Crippen molar-refractivity contribution in [2.24, 2.45) is 11.3 Å². The highest BCUT2D eigenvalue weighted by molar-refractivity contribution is 5.77. The molecule has 1 aromatic carbocycles. The van der Waals surface area contributed by atoms with Crippen LogP contribution in [-0.4, -0.2) is 41.5 Å². The Morgan fingerprint density at radius 1 is 1.38 bits per heavy atom. The number of hydrogen-bond acceptors (Lipinski definition) is 6. The Balaban J connectivity index is 2.58. The minimum atomic E-state index is -1.94. The molecule has 0 aliphatic carbocycles. The van der Waals surface area contributed by atoms with E-state index in [-0.39, 0.29) is 18.2 Å². The molecule has 1 aliphatic heterocycles. The molecular weight excluding hydrogens is 340 g/mol. The summed E-state index contributed by atoms with van der Waals surface area (Å²) in [7, 11) is 1.64. The van der Waals surface area contributed by atoms with Crippen molar-refractivity contribution in [1.82, 2.24) is 5.32 Å². The number of nitro benzene ring substituents is 1. The fourth-order valence-corrected chi connectivity index (χ4v) is 3.47. The van der Waals surface area contributed by atoms with Crippen molar-refractivity contribution in [2.45, 2.75) is 45.6 Å². The summed E-state index contributed by atoms with van der Waals surface area (Å²) in [5, 5.41) is 24.4. The molecule has 0 spiro atoms. The molecule has 0 aromatic heterocycles. The van der Waals surface area contributed by atoms with Crippen molar-refractivity contribution >= 4 is 11.7 Å². The number of ether oxygens (including phenoxy) is 2. The Morgan fingerprint density at radius 3 is 2.50 bits per heavy atom. The van der Waals surface area contributed by atoms with Gasteiger partial charge >= 0.3 is 5.97 Å². The van der Waals surface area contributed by atoms with Crippen molar-refractivity contribution in [3.05, 3.63) is 39.9 Å². The van der Waals surface area contributed by atoms with Crippen LogP contribution in [0.5, 0.6) is 0 Å². The minimum absolute atomic E-state index is 0.0842. The average molecular weight is 366 g/mol. The van der Waals surface area contributed by atoms with Crippen molar-refractivity contribution < 1.29 is 24.3 Å². The maximum absolute atomic E-state index is 12.2. The zero-order valence-corrected chi connectivity index (χ0v) is 15.7. The number of nitrogens with one attached hydrogen (secondary N) is 1. The highest BCUT2D eigenvalue weighted by atomic mass is 16.7. The van der Waals surface area contributed by atoms with Crippen molar-refractivity contribution in [2.75, 3.05) is 13.7 Å². The van der Waals surface area contributed by atoms with E-state index in [1.54, 1.807) is 25.2 Å². The maximum Gasteiger partial charge on any atom is 0.366 e. The first-order chi connectivity index (χ1) is 12.1. The van der Waals surface area contributed by atoms with Gasteiger partial charge in [-0.05, 0) is 19.0 Å². The summed E-state index contributed by atoms with van der Waals surface area (Å²) < 4.78 is 11.8. The Labute approximate surface area is 152 Å². The number of para-hydroxylation sites is 1. The summed E-state index contributed by atoms with van der Waals surface area (Å²) in [5.41, 5.74) is -0.410. The number of nitro groups is 1. The number of carboxylic acids is 1. The van der Waals surface area contributed by atoms with E-state index in [0.29, 0.717) is 5.56 Å². The molecule has 0 amide bonds. The average Bonchev–Trinajstić information content (AvgIpc) is 2.56. The Bertz CT molecular complexity index is 690. The third-order valence-corrected chi connectivity index (χ3v) is 4.76. The number of likely N-dealkylation sites (N-methyl/N-ethyl adjacent to an activating group) is 1. The van der Waals surface area contributed by atoms with Gasteiger partial charge in [0.05, 0.1) is 23.1 Å². The number of benzene rings is 1. The van der Waals surface area contributed by atoms with Crippen LogP contribution in [0.2, 0.25) is 0 Å². The lowest BCUT2D eigenvalue weighted by Crippen LogP contribution is -2.65. The van der Waals surface area contributed by atoms with Crippen LogP contribution >= 0.6 is 0 Å². The number of aliphatic carboxylic acids is 1. The molecule has 1 heterocycles. The topological polar surface area (TPSA) is 111 Å². The summed E-state index contributed by atoms with van der Waals surface area (Å²) >= 11 is 0. The third kappa shape index (κ3) is 3.44. The van der Waals surface area contributed by atoms with Gasteiger partial charge in [0.1, 0.15) is 6.10 Å². The normalized spacial score (nSPS) is 26.5. The van der Waals surface area contributed by atoms with Crippen molar-refractivity contribution in [3.63, 3.8) is 0 Å². The molecule has 0 saturated carbocycles. The van der Waals surface area contributed by atoms with Crippen LogP contribution in [0.3, 0.4) is 0 Å².